The van der Waals surface area contributed by atoms with E-state index in [0.717, 1.165) is 10.8 Å². The summed E-state index contributed by atoms with van der Waals surface area (Å²) in [6.07, 6.45) is 0. The van der Waals surface area contributed by atoms with Crippen LogP contribution in [0.5, 0.6) is 0 Å². The molecular weight excluding hydrogens is 268 g/mol. The maximum Gasteiger partial charge on any atom is 0.313 e. The second kappa shape index (κ2) is 5.93. The Morgan fingerprint density at radius 1 is 1.05 bits per heavy atom. The molecular formula is C16H18N2O3. The molecule has 2 amide bonds. The van der Waals surface area contributed by atoms with Crippen LogP contribution in [-0.2, 0) is 9.59 Å². The van der Waals surface area contributed by atoms with Gasteiger partial charge in [0.1, 0.15) is 0 Å². The van der Waals surface area contributed by atoms with E-state index in [1.165, 1.54) is 0 Å². The highest BCUT2D eigenvalue weighted by molar-refractivity contribution is 6.39. The summed E-state index contributed by atoms with van der Waals surface area (Å²) in [5.74, 6) is -1.53. The summed E-state index contributed by atoms with van der Waals surface area (Å²) in [6.45, 7) is 3.02. The normalized spacial score (nSPS) is 11.2. The Morgan fingerprint density at radius 3 is 2.38 bits per heavy atom. The molecule has 2 aromatic carbocycles. The Kier molecular flexibility index (Phi) is 4.23. The van der Waals surface area contributed by atoms with E-state index in [2.05, 4.69) is 10.6 Å². The van der Waals surface area contributed by atoms with Gasteiger partial charge in [0, 0.05) is 5.69 Å². The topological polar surface area (TPSA) is 78.4 Å². The lowest BCUT2D eigenvalue weighted by Gasteiger charge is -2.22. The number of aliphatic hydroxyl groups excluding tert-OH is 1. The Bertz CT molecular complexity index is 680. The third kappa shape index (κ3) is 3.79. The smallest absolute Gasteiger partial charge is 0.313 e. The van der Waals surface area contributed by atoms with Gasteiger partial charge in [-0.15, -0.1) is 0 Å². The zero-order valence-electron chi connectivity index (χ0n) is 12.0. The SMILES string of the molecule is CC(C)(CO)NC(=O)C(=O)Nc1ccc2ccccc2c1. The number of carbonyl (C=O) groups is 2. The highest BCUT2D eigenvalue weighted by atomic mass is 16.3. The van der Waals surface area contributed by atoms with Crippen molar-refractivity contribution in [1.29, 1.82) is 0 Å². The van der Waals surface area contributed by atoms with Gasteiger partial charge in [0.15, 0.2) is 0 Å². The monoisotopic (exact) mass is 286 g/mol. The molecule has 0 atom stereocenters. The fourth-order valence-corrected chi connectivity index (χ4v) is 1.86. The highest BCUT2D eigenvalue weighted by Crippen LogP contribution is 2.18. The molecule has 0 fully saturated rings. The van der Waals surface area contributed by atoms with Gasteiger partial charge in [-0.1, -0.05) is 30.3 Å². The largest absolute Gasteiger partial charge is 0.394 e. The van der Waals surface area contributed by atoms with Crippen molar-refractivity contribution < 1.29 is 14.7 Å². The number of carbonyl (C=O) groups excluding carboxylic acids is 2. The van der Waals surface area contributed by atoms with Crippen LogP contribution in [0.3, 0.4) is 0 Å². The van der Waals surface area contributed by atoms with E-state index in [0.29, 0.717) is 5.69 Å². The first-order valence-electron chi connectivity index (χ1n) is 6.64. The molecule has 0 unspecified atom stereocenters. The molecule has 0 spiro atoms. The van der Waals surface area contributed by atoms with Gasteiger partial charge in [-0.3, -0.25) is 9.59 Å². The van der Waals surface area contributed by atoms with Gasteiger partial charge < -0.3 is 15.7 Å². The number of fused-ring (bicyclic) bond motifs is 1. The minimum Gasteiger partial charge on any atom is -0.394 e. The lowest BCUT2D eigenvalue weighted by atomic mass is 10.1. The zero-order valence-corrected chi connectivity index (χ0v) is 12.0. The molecule has 0 heterocycles. The van der Waals surface area contributed by atoms with Gasteiger partial charge in [-0.25, -0.2) is 0 Å². The van der Waals surface area contributed by atoms with Crippen LogP contribution in [0, 0.1) is 0 Å². The van der Waals surface area contributed by atoms with Crippen LogP contribution < -0.4 is 10.6 Å². The molecule has 0 aliphatic heterocycles. The van der Waals surface area contributed by atoms with Crippen molar-refractivity contribution in [3.8, 4) is 0 Å². The van der Waals surface area contributed by atoms with Gasteiger partial charge in [-0.05, 0) is 36.8 Å². The first kappa shape index (κ1) is 15.0. The summed E-state index contributed by atoms with van der Waals surface area (Å²) in [7, 11) is 0. The van der Waals surface area contributed by atoms with Crippen molar-refractivity contribution in [2.75, 3.05) is 11.9 Å². The van der Waals surface area contributed by atoms with Crippen LogP contribution in [0.2, 0.25) is 0 Å². The Hall–Kier alpha value is -2.40. The summed E-state index contributed by atoms with van der Waals surface area (Å²) in [6, 6.07) is 13.2. The molecule has 3 N–H and O–H groups in total. The third-order valence-corrected chi connectivity index (χ3v) is 3.06. The molecule has 0 saturated carbocycles. The average Bonchev–Trinajstić information content (AvgIpc) is 2.46. The molecule has 5 nitrogen and oxygen atoms in total. The van der Waals surface area contributed by atoms with Crippen LogP contribution in [0.25, 0.3) is 10.8 Å². The van der Waals surface area contributed by atoms with Crippen LogP contribution in [0.15, 0.2) is 42.5 Å². The predicted octanol–water partition coefficient (Wildman–Crippen LogP) is 1.67. The fraction of sp³-hybridized carbons (Fsp3) is 0.250. The van der Waals surface area contributed by atoms with Crippen LogP contribution in [-0.4, -0.2) is 29.1 Å². The highest BCUT2D eigenvalue weighted by Gasteiger charge is 2.23. The standard InChI is InChI=1S/C16H18N2O3/c1-16(2,10-19)18-15(21)14(20)17-13-8-7-11-5-3-4-6-12(11)9-13/h3-9,19H,10H2,1-2H3,(H,17,20)(H,18,21). The number of nitrogens with one attached hydrogen (secondary N) is 2. The van der Waals surface area contributed by atoms with E-state index in [4.69, 9.17) is 5.11 Å². The van der Waals surface area contributed by atoms with Crippen LogP contribution in [0.4, 0.5) is 5.69 Å². The molecule has 5 heteroatoms. The molecule has 2 aromatic rings. The third-order valence-electron chi connectivity index (χ3n) is 3.06. The number of hydrogen-bond acceptors (Lipinski definition) is 3. The lowest BCUT2D eigenvalue weighted by Crippen LogP contribution is -2.50. The molecule has 21 heavy (non-hydrogen) atoms. The second-order valence-electron chi connectivity index (χ2n) is 5.51. The molecule has 110 valence electrons. The maximum atomic E-state index is 11.8. The van der Waals surface area contributed by atoms with E-state index in [1.54, 1.807) is 26.0 Å². The van der Waals surface area contributed by atoms with Gasteiger partial charge in [0.2, 0.25) is 0 Å². The van der Waals surface area contributed by atoms with E-state index in [1.807, 2.05) is 30.3 Å². The van der Waals surface area contributed by atoms with Crippen molar-refractivity contribution in [3.63, 3.8) is 0 Å². The van der Waals surface area contributed by atoms with Crippen molar-refractivity contribution in [3.05, 3.63) is 42.5 Å². The van der Waals surface area contributed by atoms with Crippen molar-refractivity contribution in [1.82, 2.24) is 5.32 Å². The fourth-order valence-electron chi connectivity index (χ4n) is 1.86. The first-order valence-corrected chi connectivity index (χ1v) is 6.64. The number of aliphatic hydroxyl groups is 1. The number of amides is 2. The number of anilines is 1. The number of benzene rings is 2. The van der Waals surface area contributed by atoms with Gasteiger partial charge in [-0.2, -0.15) is 0 Å². The molecule has 0 aliphatic rings. The Balaban J connectivity index is 2.09. The quantitative estimate of drug-likeness (QED) is 0.751. The summed E-state index contributed by atoms with van der Waals surface area (Å²) in [5, 5.41) is 16.1. The molecule has 2 rings (SSSR count). The molecule has 0 aliphatic carbocycles. The minimum atomic E-state index is -0.836. The number of rotatable bonds is 3. The molecule has 0 aromatic heterocycles. The Morgan fingerprint density at radius 2 is 1.71 bits per heavy atom. The summed E-state index contributed by atoms with van der Waals surface area (Å²) < 4.78 is 0. The molecule has 0 radical (unpaired) electrons. The number of hydrogen-bond donors (Lipinski definition) is 3. The van der Waals surface area contributed by atoms with Crippen LogP contribution >= 0.6 is 0 Å². The first-order chi connectivity index (χ1) is 9.91. The van der Waals surface area contributed by atoms with Gasteiger partial charge in [0.25, 0.3) is 0 Å². The van der Waals surface area contributed by atoms with E-state index in [-0.39, 0.29) is 6.61 Å². The van der Waals surface area contributed by atoms with Crippen molar-refractivity contribution >= 4 is 28.3 Å². The lowest BCUT2D eigenvalue weighted by molar-refractivity contribution is -0.137. The molecule has 0 bridgehead atoms. The Labute approximate surface area is 123 Å². The van der Waals surface area contributed by atoms with Crippen molar-refractivity contribution in [2.24, 2.45) is 0 Å². The average molecular weight is 286 g/mol. The molecule has 0 saturated heterocycles. The van der Waals surface area contributed by atoms with Gasteiger partial charge in [0.05, 0.1) is 12.1 Å². The summed E-state index contributed by atoms with van der Waals surface area (Å²) in [4.78, 5) is 23.6. The summed E-state index contributed by atoms with van der Waals surface area (Å²) >= 11 is 0. The summed E-state index contributed by atoms with van der Waals surface area (Å²) in [5.41, 5.74) is -0.284. The van der Waals surface area contributed by atoms with E-state index < -0.39 is 17.4 Å². The van der Waals surface area contributed by atoms with E-state index in [9.17, 15) is 9.59 Å². The zero-order chi connectivity index (χ0) is 15.5. The predicted molar refractivity (Wildman–Crippen MR) is 81.9 cm³/mol. The van der Waals surface area contributed by atoms with E-state index >= 15 is 0 Å². The van der Waals surface area contributed by atoms with Crippen molar-refractivity contribution in [2.45, 2.75) is 19.4 Å². The minimum absolute atomic E-state index is 0.248. The van der Waals surface area contributed by atoms with Gasteiger partial charge >= 0.3 is 11.8 Å². The maximum absolute atomic E-state index is 11.8. The van der Waals surface area contributed by atoms with Crippen LogP contribution in [0.1, 0.15) is 13.8 Å². The second-order valence-corrected chi connectivity index (χ2v) is 5.51.